The SMILES string of the molecule is C[C@H]1COc2ccc(NCC3(CCl)CCOCC3)cc2N(C)C1=O. The summed E-state index contributed by atoms with van der Waals surface area (Å²) in [5.74, 6) is 1.31. The quantitative estimate of drug-likeness (QED) is 0.846. The van der Waals surface area contributed by atoms with Crippen LogP contribution in [0.15, 0.2) is 18.2 Å². The third-order valence-electron chi connectivity index (χ3n) is 5.07. The standard InChI is InChI=1S/C18H25ClN2O3/c1-13-10-24-16-4-3-14(9-15(16)21(2)17(13)22)20-12-18(11-19)5-7-23-8-6-18/h3-4,9,13,20H,5-8,10-12H2,1-2H3/t13-/m0/s1. The largest absolute Gasteiger partial charge is 0.491 e. The molecule has 1 amide bonds. The summed E-state index contributed by atoms with van der Waals surface area (Å²) in [7, 11) is 1.80. The molecule has 2 aliphatic rings. The van der Waals surface area contributed by atoms with Crippen molar-refractivity contribution in [2.45, 2.75) is 19.8 Å². The second kappa shape index (κ2) is 7.19. The van der Waals surface area contributed by atoms with Gasteiger partial charge in [-0.1, -0.05) is 6.92 Å². The third-order valence-corrected chi connectivity index (χ3v) is 5.63. The molecule has 1 aromatic carbocycles. The monoisotopic (exact) mass is 352 g/mol. The van der Waals surface area contributed by atoms with Gasteiger partial charge in [0.2, 0.25) is 5.91 Å². The van der Waals surface area contributed by atoms with E-state index in [0.717, 1.165) is 49.7 Å². The van der Waals surface area contributed by atoms with Gasteiger partial charge in [0.25, 0.3) is 0 Å². The van der Waals surface area contributed by atoms with E-state index in [0.29, 0.717) is 12.5 Å². The fourth-order valence-electron chi connectivity index (χ4n) is 3.20. The molecule has 0 saturated carbocycles. The van der Waals surface area contributed by atoms with Crippen molar-refractivity contribution in [1.82, 2.24) is 0 Å². The fourth-order valence-corrected chi connectivity index (χ4v) is 3.56. The van der Waals surface area contributed by atoms with Crippen LogP contribution < -0.4 is 15.0 Å². The lowest BCUT2D eigenvalue weighted by atomic mass is 9.82. The number of nitrogens with zero attached hydrogens (tertiary/aromatic N) is 1. The van der Waals surface area contributed by atoms with E-state index in [4.69, 9.17) is 21.1 Å². The molecule has 1 aromatic rings. The smallest absolute Gasteiger partial charge is 0.233 e. The van der Waals surface area contributed by atoms with Crippen LogP contribution in [0.2, 0.25) is 0 Å². The predicted octanol–water partition coefficient (Wildman–Crippen LogP) is 3.13. The number of halogens is 1. The molecule has 1 fully saturated rings. The van der Waals surface area contributed by atoms with E-state index >= 15 is 0 Å². The first kappa shape index (κ1) is 17.4. The number of alkyl halides is 1. The summed E-state index contributed by atoms with van der Waals surface area (Å²) in [6.07, 6.45) is 1.93. The number of carbonyl (C=O) groups is 1. The van der Waals surface area contributed by atoms with Crippen LogP contribution in [0.4, 0.5) is 11.4 Å². The number of anilines is 2. The molecule has 0 bridgehead atoms. The molecule has 2 heterocycles. The Kier molecular flexibility index (Phi) is 5.21. The number of nitrogens with one attached hydrogen (secondary N) is 1. The minimum absolute atomic E-state index is 0.0688. The Hall–Kier alpha value is -1.46. The maximum absolute atomic E-state index is 12.3. The first-order valence-electron chi connectivity index (χ1n) is 8.47. The van der Waals surface area contributed by atoms with Gasteiger partial charge in [-0.25, -0.2) is 0 Å². The van der Waals surface area contributed by atoms with Gasteiger partial charge in [-0.15, -0.1) is 11.6 Å². The lowest BCUT2D eigenvalue weighted by Gasteiger charge is -2.36. The molecule has 0 aliphatic carbocycles. The summed E-state index contributed by atoms with van der Waals surface area (Å²) in [6.45, 7) is 4.63. The second-order valence-electron chi connectivity index (χ2n) is 6.89. The van der Waals surface area contributed by atoms with Crippen LogP contribution in [0.25, 0.3) is 0 Å². The molecule has 0 spiro atoms. The number of carbonyl (C=O) groups excluding carboxylic acids is 1. The molecule has 2 aliphatic heterocycles. The summed E-state index contributed by atoms with van der Waals surface area (Å²) >= 11 is 6.23. The molecule has 0 unspecified atom stereocenters. The molecule has 1 N–H and O–H groups in total. The van der Waals surface area contributed by atoms with Crippen molar-refractivity contribution in [1.29, 1.82) is 0 Å². The predicted molar refractivity (Wildman–Crippen MR) is 96.2 cm³/mol. The van der Waals surface area contributed by atoms with Crippen LogP contribution in [-0.2, 0) is 9.53 Å². The maximum atomic E-state index is 12.3. The molecule has 1 atom stereocenters. The van der Waals surface area contributed by atoms with E-state index in [2.05, 4.69) is 5.32 Å². The highest BCUT2D eigenvalue weighted by atomic mass is 35.5. The van der Waals surface area contributed by atoms with Crippen LogP contribution in [0.5, 0.6) is 5.75 Å². The van der Waals surface area contributed by atoms with Crippen molar-refractivity contribution >= 4 is 28.9 Å². The summed E-state index contributed by atoms with van der Waals surface area (Å²) in [5, 5.41) is 3.49. The Balaban J connectivity index is 1.75. The minimum atomic E-state index is -0.138. The second-order valence-corrected chi connectivity index (χ2v) is 7.16. The average Bonchev–Trinajstić information content (AvgIpc) is 2.73. The Morgan fingerprint density at radius 3 is 2.83 bits per heavy atom. The zero-order valence-electron chi connectivity index (χ0n) is 14.3. The minimum Gasteiger partial charge on any atom is -0.491 e. The van der Waals surface area contributed by atoms with Crippen molar-refractivity contribution in [3.8, 4) is 5.75 Å². The molecule has 5 nitrogen and oxygen atoms in total. The molecule has 0 aromatic heterocycles. The highest BCUT2D eigenvalue weighted by molar-refractivity contribution is 6.18. The highest BCUT2D eigenvalue weighted by Gasteiger charge is 2.32. The van der Waals surface area contributed by atoms with Gasteiger partial charge < -0.3 is 19.7 Å². The third kappa shape index (κ3) is 3.47. The summed E-state index contributed by atoms with van der Waals surface area (Å²) < 4.78 is 11.2. The lowest BCUT2D eigenvalue weighted by Crippen LogP contribution is -2.37. The summed E-state index contributed by atoms with van der Waals surface area (Å²) in [4.78, 5) is 14.0. The zero-order valence-corrected chi connectivity index (χ0v) is 15.1. The Bertz CT molecular complexity index is 602. The van der Waals surface area contributed by atoms with Gasteiger partial charge in [-0.2, -0.15) is 0 Å². The van der Waals surface area contributed by atoms with Crippen LogP contribution in [-0.4, -0.2) is 45.2 Å². The van der Waals surface area contributed by atoms with Crippen molar-refractivity contribution in [2.24, 2.45) is 11.3 Å². The van der Waals surface area contributed by atoms with Crippen molar-refractivity contribution in [3.63, 3.8) is 0 Å². The molecule has 1 saturated heterocycles. The Morgan fingerprint density at radius 1 is 1.38 bits per heavy atom. The Morgan fingerprint density at radius 2 is 2.12 bits per heavy atom. The van der Waals surface area contributed by atoms with Gasteiger partial charge in [-0.3, -0.25) is 4.79 Å². The molecular formula is C18H25ClN2O3. The van der Waals surface area contributed by atoms with E-state index < -0.39 is 0 Å². The van der Waals surface area contributed by atoms with Gasteiger partial charge >= 0.3 is 0 Å². The first-order chi connectivity index (χ1) is 11.5. The summed E-state index contributed by atoms with van der Waals surface area (Å²) in [6, 6.07) is 5.90. The van der Waals surface area contributed by atoms with Crippen molar-refractivity contribution in [3.05, 3.63) is 18.2 Å². The number of fused-ring (bicyclic) bond motifs is 1. The first-order valence-corrected chi connectivity index (χ1v) is 9.00. The lowest BCUT2D eigenvalue weighted by molar-refractivity contribution is -0.122. The zero-order chi connectivity index (χ0) is 17.2. The molecule has 6 heteroatoms. The molecule has 3 rings (SSSR count). The highest BCUT2D eigenvalue weighted by Crippen LogP contribution is 2.36. The number of hydrogen-bond acceptors (Lipinski definition) is 4. The van der Waals surface area contributed by atoms with Crippen molar-refractivity contribution < 1.29 is 14.3 Å². The van der Waals surface area contributed by atoms with Crippen LogP contribution in [0.3, 0.4) is 0 Å². The molecular weight excluding hydrogens is 328 g/mol. The van der Waals surface area contributed by atoms with E-state index in [1.807, 2.05) is 25.1 Å². The molecule has 24 heavy (non-hydrogen) atoms. The molecule has 132 valence electrons. The normalized spacial score (nSPS) is 23.2. The molecule has 0 radical (unpaired) electrons. The van der Waals surface area contributed by atoms with E-state index in [-0.39, 0.29) is 17.2 Å². The van der Waals surface area contributed by atoms with Gasteiger partial charge in [0.05, 0.1) is 18.2 Å². The summed E-state index contributed by atoms with van der Waals surface area (Å²) in [5.41, 5.74) is 1.85. The number of amides is 1. The van der Waals surface area contributed by atoms with Crippen LogP contribution in [0, 0.1) is 11.3 Å². The van der Waals surface area contributed by atoms with Gasteiger partial charge in [0, 0.05) is 43.8 Å². The van der Waals surface area contributed by atoms with Crippen molar-refractivity contribution in [2.75, 3.05) is 49.5 Å². The van der Waals surface area contributed by atoms with E-state index in [1.54, 1.807) is 11.9 Å². The Labute approximate surface area is 148 Å². The number of ether oxygens (including phenoxy) is 2. The number of benzene rings is 1. The average molecular weight is 353 g/mol. The topological polar surface area (TPSA) is 50.8 Å². The number of hydrogen-bond donors (Lipinski definition) is 1. The van der Waals surface area contributed by atoms with Crippen LogP contribution in [0.1, 0.15) is 19.8 Å². The van der Waals surface area contributed by atoms with E-state index in [9.17, 15) is 4.79 Å². The van der Waals surface area contributed by atoms with E-state index in [1.165, 1.54) is 0 Å². The van der Waals surface area contributed by atoms with Gasteiger partial charge in [0.1, 0.15) is 5.75 Å². The maximum Gasteiger partial charge on any atom is 0.233 e. The van der Waals surface area contributed by atoms with Gasteiger partial charge in [-0.05, 0) is 31.0 Å². The fraction of sp³-hybridized carbons (Fsp3) is 0.611. The van der Waals surface area contributed by atoms with Gasteiger partial charge in [0.15, 0.2) is 0 Å². The van der Waals surface area contributed by atoms with Crippen LogP contribution >= 0.6 is 11.6 Å². The number of rotatable bonds is 4.